The van der Waals surface area contributed by atoms with E-state index in [-0.39, 0.29) is 25.3 Å². The minimum Gasteiger partial charge on any atom is -0.481 e. The molecule has 1 aromatic heterocycles. The number of aromatic nitrogens is 1. The normalized spacial score (nSPS) is 12.3. The van der Waals surface area contributed by atoms with Crippen LogP contribution in [-0.4, -0.2) is 50.0 Å². The number of carbonyl (C=O) groups excluding carboxylic acids is 2. The van der Waals surface area contributed by atoms with Gasteiger partial charge in [0.2, 0.25) is 0 Å². The van der Waals surface area contributed by atoms with Gasteiger partial charge in [-0.05, 0) is 71.3 Å². The summed E-state index contributed by atoms with van der Waals surface area (Å²) in [6.45, 7) is 4.54. The second kappa shape index (κ2) is 17.4. The molecule has 0 aliphatic carbocycles. The van der Waals surface area contributed by atoms with Gasteiger partial charge in [0.15, 0.2) is 0 Å². The SMILES string of the molecule is CC(C)c1c(NC(=O)NCc2ccccc2)c(-c2ccc(F)cc2)cc(NC(=O)c2cccn2CC[C@@H](O)C[C@@H](O)CC(=O)O)c1-c1ccccc1. The summed E-state index contributed by atoms with van der Waals surface area (Å²) in [6.07, 6.45) is -0.853. The summed E-state index contributed by atoms with van der Waals surface area (Å²) in [5, 5.41) is 38.4. The highest BCUT2D eigenvalue weighted by Gasteiger charge is 2.26. The molecule has 0 unspecified atom stereocenters. The van der Waals surface area contributed by atoms with Gasteiger partial charge in [-0.3, -0.25) is 9.59 Å². The van der Waals surface area contributed by atoms with Gasteiger partial charge in [0.05, 0.1) is 24.3 Å². The number of halogens is 1. The van der Waals surface area contributed by atoms with E-state index in [1.807, 2.05) is 74.5 Å². The van der Waals surface area contributed by atoms with Crippen molar-refractivity contribution in [1.82, 2.24) is 9.88 Å². The van der Waals surface area contributed by atoms with Gasteiger partial charge >= 0.3 is 12.0 Å². The van der Waals surface area contributed by atoms with E-state index >= 15 is 0 Å². The highest BCUT2D eigenvalue weighted by atomic mass is 19.1. The van der Waals surface area contributed by atoms with E-state index in [1.54, 1.807) is 41.1 Å². The van der Waals surface area contributed by atoms with E-state index in [4.69, 9.17) is 5.11 Å². The summed E-state index contributed by atoms with van der Waals surface area (Å²) >= 11 is 0. The lowest BCUT2D eigenvalue weighted by Gasteiger charge is -2.26. The van der Waals surface area contributed by atoms with Crippen LogP contribution in [0.4, 0.5) is 20.6 Å². The Morgan fingerprint density at radius 1 is 0.808 bits per heavy atom. The van der Waals surface area contributed by atoms with E-state index in [2.05, 4.69) is 16.0 Å². The molecule has 0 bridgehead atoms. The third kappa shape index (κ3) is 9.71. The van der Waals surface area contributed by atoms with Crippen LogP contribution >= 0.6 is 0 Å². The lowest BCUT2D eigenvalue weighted by atomic mass is 9.85. The second-order valence-corrected chi connectivity index (χ2v) is 12.9. The zero-order valence-electron chi connectivity index (χ0n) is 29.1. The van der Waals surface area contributed by atoms with Gasteiger partial charge in [0.25, 0.3) is 5.91 Å². The van der Waals surface area contributed by atoms with Crippen LogP contribution in [0.15, 0.2) is 109 Å². The van der Waals surface area contributed by atoms with Gasteiger partial charge in [-0.1, -0.05) is 86.6 Å². The number of amides is 3. The molecular formula is C41H43FN4O6. The number of carboxylic acid groups (broad SMARTS) is 1. The van der Waals surface area contributed by atoms with Crippen molar-refractivity contribution < 1.29 is 34.1 Å². The van der Waals surface area contributed by atoms with Gasteiger partial charge in [-0.25, -0.2) is 9.18 Å². The summed E-state index contributed by atoms with van der Waals surface area (Å²) in [5.41, 5.74) is 5.70. The Balaban J connectivity index is 1.54. The van der Waals surface area contributed by atoms with Crippen LogP contribution in [0.3, 0.4) is 0 Å². The topological polar surface area (TPSA) is 153 Å². The summed E-state index contributed by atoms with van der Waals surface area (Å²) in [5.74, 6) is -2.15. The fourth-order valence-electron chi connectivity index (χ4n) is 6.23. The molecule has 270 valence electrons. The van der Waals surface area contributed by atoms with Crippen molar-refractivity contribution in [2.45, 2.75) is 64.3 Å². The third-order valence-electron chi connectivity index (χ3n) is 8.66. The number of rotatable bonds is 15. The van der Waals surface area contributed by atoms with Crippen LogP contribution in [-0.2, 0) is 17.9 Å². The Morgan fingerprint density at radius 3 is 2.13 bits per heavy atom. The number of benzene rings is 4. The van der Waals surface area contributed by atoms with Gasteiger partial charge in [-0.2, -0.15) is 0 Å². The number of aryl methyl sites for hydroxylation is 1. The van der Waals surface area contributed by atoms with Crippen molar-refractivity contribution in [3.63, 3.8) is 0 Å². The highest BCUT2D eigenvalue weighted by molar-refractivity contribution is 6.09. The van der Waals surface area contributed by atoms with Crippen molar-refractivity contribution in [1.29, 1.82) is 0 Å². The number of carboxylic acids is 1. The summed E-state index contributed by atoms with van der Waals surface area (Å²) in [4.78, 5) is 38.5. The number of nitrogens with one attached hydrogen (secondary N) is 3. The fourth-order valence-corrected chi connectivity index (χ4v) is 6.23. The number of aliphatic carboxylic acids is 1. The number of carbonyl (C=O) groups is 3. The number of nitrogens with zero attached hydrogens (tertiary/aromatic N) is 1. The Hall–Kier alpha value is -5.78. The first kappa shape index (κ1) is 37.5. The monoisotopic (exact) mass is 706 g/mol. The van der Waals surface area contributed by atoms with Gasteiger partial charge in [-0.15, -0.1) is 0 Å². The van der Waals surface area contributed by atoms with Crippen molar-refractivity contribution in [2.24, 2.45) is 0 Å². The molecule has 52 heavy (non-hydrogen) atoms. The largest absolute Gasteiger partial charge is 0.481 e. The van der Waals surface area contributed by atoms with Crippen LogP contribution in [0, 0.1) is 5.82 Å². The average Bonchev–Trinajstić information content (AvgIpc) is 3.60. The molecule has 0 aliphatic rings. The lowest BCUT2D eigenvalue weighted by molar-refractivity contribution is -0.139. The van der Waals surface area contributed by atoms with Crippen LogP contribution in [0.5, 0.6) is 0 Å². The number of anilines is 2. The fraction of sp³-hybridized carbons (Fsp3) is 0.244. The van der Waals surface area contributed by atoms with Gasteiger partial charge in [0.1, 0.15) is 11.5 Å². The predicted octanol–water partition coefficient (Wildman–Crippen LogP) is 7.64. The lowest BCUT2D eigenvalue weighted by Crippen LogP contribution is -2.29. The molecule has 11 heteroatoms. The van der Waals surface area contributed by atoms with E-state index < -0.39 is 42.4 Å². The molecule has 0 aliphatic heterocycles. The third-order valence-corrected chi connectivity index (χ3v) is 8.66. The Morgan fingerprint density at radius 2 is 1.48 bits per heavy atom. The highest BCUT2D eigenvalue weighted by Crippen LogP contribution is 2.46. The molecule has 0 saturated heterocycles. The maximum atomic E-state index is 14.1. The maximum absolute atomic E-state index is 14.1. The first-order valence-electron chi connectivity index (χ1n) is 17.2. The van der Waals surface area contributed by atoms with E-state index in [0.29, 0.717) is 40.3 Å². The molecule has 2 atom stereocenters. The smallest absolute Gasteiger partial charge is 0.319 e. The molecule has 10 nitrogen and oxygen atoms in total. The van der Waals surface area contributed by atoms with Crippen molar-refractivity contribution in [3.8, 4) is 22.3 Å². The Kier molecular flexibility index (Phi) is 12.6. The molecule has 4 aromatic carbocycles. The van der Waals surface area contributed by atoms with Crippen LogP contribution in [0.1, 0.15) is 60.6 Å². The van der Waals surface area contributed by atoms with Gasteiger partial charge < -0.3 is 35.8 Å². The van der Waals surface area contributed by atoms with Crippen molar-refractivity contribution in [2.75, 3.05) is 10.6 Å². The number of aliphatic hydroxyl groups excluding tert-OH is 2. The summed E-state index contributed by atoms with van der Waals surface area (Å²) in [7, 11) is 0. The van der Waals surface area contributed by atoms with Gasteiger partial charge in [0, 0.05) is 36.1 Å². The maximum Gasteiger partial charge on any atom is 0.319 e. The van der Waals surface area contributed by atoms with Crippen molar-refractivity contribution in [3.05, 3.63) is 132 Å². The standard InChI is InChI=1S/C41H43FN4O6/c1-26(2)37-38(29-12-7-4-8-13-29)34(44-40(51)35-14-9-20-46(35)21-19-31(47)22-32(48)23-36(49)50)24-33(28-15-17-30(42)18-16-28)39(37)45-41(52)43-25-27-10-5-3-6-11-27/h3-18,20,24,26,31-32,47-48H,19,21-23,25H2,1-2H3,(H,44,51)(H,49,50)(H2,43,45,52)/t31-,32-/m1/s1. The zero-order valence-corrected chi connectivity index (χ0v) is 29.1. The first-order chi connectivity index (χ1) is 25.0. The number of hydrogen-bond acceptors (Lipinski definition) is 5. The first-order valence-corrected chi connectivity index (χ1v) is 17.2. The van der Waals surface area contributed by atoms with Crippen LogP contribution in [0.25, 0.3) is 22.3 Å². The number of hydrogen-bond donors (Lipinski definition) is 6. The molecule has 0 radical (unpaired) electrons. The minimum atomic E-state index is -1.19. The van der Waals surface area contributed by atoms with Crippen molar-refractivity contribution >= 4 is 29.3 Å². The molecule has 1 heterocycles. The number of aliphatic hydroxyl groups is 2. The van der Waals surface area contributed by atoms with Crippen LogP contribution in [0.2, 0.25) is 0 Å². The molecule has 0 saturated carbocycles. The molecule has 0 fully saturated rings. The molecule has 3 amide bonds. The Labute approximate surface area is 302 Å². The molecule has 6 N–H and O–H groups in total. The molecule has 5 rings (SSSR count). The van der Waals surface area contributed by atoms with E-state index in [0.717, 1.165) is 16.7 Å². The minimum absolute atomic E-state index is 0.107. The molecule has 5 aromatic rings. The zero-order chi connectivity index (χ0) is 37.2. The molecule has 0 spiro atoms. The summed E-state index contributed by atoms with van der Waals surface area (Å²) < 4.78 is 15.8. The summed E-state index contributed by atoms with van der Waals surface area (Å²) in [6, 6.07) is 29.7. The predicted molar refractivity (Wildman–Crippen MR) is 200 cm³/mol. The molecular weight excluding hydrogens is 663 g/mol. The average molecular weight is 707 g/mol. The Bertz CT molecular complexity index is 1980. The van der Waals surface area contributed by atoms with E-state index in [1.165, 1.54) is 12.1 Å². The second-order valence-electron chi connectivity index (χ2n) is 12.9. The quantitative estimate of drug-likeness (QED) is 0.0658. The number of urea groups is 1. The van der Waals surface area contributed by atoms with Crippen LogP contribution < -0.4 is 16.0 Å². The van der Waals surface area contributed by atoms with E-state index in [9.17, 15) is 29.0 Å².